The highest BCUT2D eigenvalue weighted by atomic mass is 16.7. The van der Waals surface area contributed by atoms with Crippen molar-refractivity contribution in [2.45, 2.75) is 52.2 Å². The quantitative estimate of drug-likeness (QED) is 0.750. The zero-order chi connectivity index (χ0) is 16.0. The number of aliphatic hydroxyl groups is 1. The molecule has 0 aromatic rings. The van der Waals surface area contributed by atoms with Crippen LogP contribution in [0.15, 0.2) is 0 Å². The van der Waals surface area contributed by atoms with Crippen molar-refractivity contribution in [3.63, 3.8) is 0 Å². The van der Waals surface area contributed by atoms with Gasteiger partial charge in [-0.05, 0) is 40.5 Å². The van der Waals surface area contributed by atoms with Crippen LogP contribution in [0.3, 0.4) is 0 Å². The number of nitrogens with one attached hydrogen (secondary N) is 1. The van der Waals surface area contributed by atoms with Gasteiger partial charge in [0.2, 0.25) is 5.91 Å². The molecule has 0 radical (unpaired) electrons. The lowest BCUT2D eigenvalue weighted by atomic mass is 10.1. The lowest BCUT2D eigenvalue weighted by Crippen LogP contribution is -2.51. The standard InChI is InChI=1S/C14H27N3O4/c1-5-17(14(2,3)4)13(20)15-21-11-6-8-16(9-7-11)12(19)10-18/h11,18H,5-10H2,1-4H3,(H,15,20). The molecule has 0 aliphatic carbocycles. The molecule has 0 atom stereocenters. The predicted octanol–water partition coefficient (Wildman–Crippen LogP) is 0.731. The summed E-state index contributed by atoms with van der Waals surface area (Å²) in [6, 6.07) is -0.251. The van der Waals surface area contributed by atoms with E-state index in [1.807, 2.05) is 27.7 Å². The van der Waals surface area contributed by atoms with E-state index >= 15 is 0 Å². The van der Waals surface area contributed by atoms with Crippen LogP contribution >= 0.6 is 0 Å². The van der Waals surface area contributed by atoms with Crippen molar-refractivity contribution in [2.75, 3.05) is 26.2 Å². The zero-order valence-corrected chi connectivity index (χ0v) is 13.4. The highest BCUT2D eigenvalue weighted by Gasteiger charge is 2.27. The largest absolute Gasteiger partial charge is 0.387 e. The molecule has 1 rings (SSSR count). The molecule has 21 heavy (non-hydrogen) atoms. The predicted molar refractivity (Wildman–Crippen MR) is 78.4 cm³/mol. The van der Waals surface area contributed by atoms with Crippen molar-refractivity contribution >= 4 is 11.9 Å². The van der Waals surface area contributed by atoms with Crippen LogP contribution < -0.4 is 5.48 Å². The molecule has 122 valence electrons. The van der Waals surface area contributed by atoms with E-state index < -0.39 is 6.61 Å². The number of amides is 3. The highest BCUT2D eigenvalue weighted by Crippen LogP contribution is 2.15. The summed E-state index contributed by atoms with van der Waals surface area (Å²) in [6.07, 6.45) is 1.19. The summed E-state index contributed by atoms with van der Waals surface area (Å²) in [4.78, 5) is 32.2. The van der Waals surface area contributed by atoms with Gasteiger partial charge in [-0.25, -0.2) is 10.3 Å². The number of urea groups is 1. The third kappa shape index (κ3) is 5.17. The summed E-state index contributed by atoms with van der Waals surface area (Å²) in [5, 5.41) is 8.81. The number of piperidine rings is 1. The Morgan fingerprint density at radius 2 is 1.90 bits per heavy atom. The van der Waals surface area contributed by atoms with Crippen LogP contribution in [0.25, 0.3) is 0 Å². The molecule has 0 unspecified atom stereocenters. The molecule has 0 spiro atoms. The summed E-state index contributed by atoms with van der Waals surface area (Å²) in [7, 11) is 0. The number of carbonyl (C=O) groups excluding carboxylic acids is 2. The average Bonchev–Trinajstić information content (AvgIpc) is 2.44. The molecule has 0 aromatic heterocycles. The minimum absolute atomic E-state index is 0.102. The van der Waals surface area contributed by atoms with Gasteiger partial charge < -0.3 is 14.9 Å². The first-order chi connectivity index (χ1) is 9.79. The summed E-state index contributed by atoms with van der Waals surface area (Å²) < 4.78 is 0. The lowest BCUT2D eigenvalue weighted by Gasteiger charge is -2.35. The van der Waals surface area contributed by atoms with Gasteiger partial charge in [0.25, 0.3) is 0 Å². The van der Waals surface area contributed by atoms with Crippen LogP contribution in [0.5, 0.6) is 0 Å². The Morgan fingerprint density at radius 1 is 1.33 bits per heavy atom. The number of nitrogens with zero attached hydrogens (tertiary/aromatic N) is 2. The fraction of sp³-hybridized carbons (Fsp3) is 0.857. The van der Waals surface area contributed by atoms with Crippen molar-refractivity contribution < 1.29 is 19.5 Å². The number of likely N-dealkylation sites (tertiary alicyclic amines) is 1. The lowest BCUT2D eigenvalue weighted by molar-refractivity contribution is -0.137. The molecule has 1 aliphatic heterocycles. The number of rotatable bonds is 4. The van der Waals surface area contributed by atoms with Crippen LogP contribution in [-0.4, -0.2) is 64.7 Å². The minimum Gasteiger partial charge on any atom is -0.387 e. The maximum absolute atomic E-state index is 12.1. The summed E-state index contributed by atoms with van der Waals surface area (Å²) in [6.45, 7) is 9.04. The highest BCUT2D eigenvalue weighted by molar-refractivity contribution is 5.77. The number of hydrogen-bond acceptors (Lipinski definition) is 4. The monoisotopic (exact) mass is 301 g/mol. The van der Waals surface area contributed by atoms with E-state index in [4.69, 9.17) is 9.94 Å². The van der Waals surface area contributed by atoms with Gasteiger partial charge in [-0.1, -0.05) is 0 Å². The number of aliphatic hydroxyl groups excluding tert-OH is 1. The van der Waals surface area contributed by atoms with Gasteiger partial charge in [-0.2, -0.15) is 0 Å². The fourth-order valence-corrected chi connectivity index (χ4v) is 2.43. The van der Waals surface area contributed by atoms with Gasteiger partial charge >= 0.3 is 6.03 Å². The van der Waals surface area contributed by atoms with Crippen molar-refractivity contribution in [3.8, 4) is 0 Å². The second-order valence-corrected chi connectivity index (χ2v) is 6.18. The number of carbonyl (C=O) groups is 2. The fourth-order valence-electron chi connectivity index (χ4n) is 2.43. The van der Waals surface area contributed by atoms with Gasteiger partial charge in [0.05, 0.1) is 6.10 Å². The molecule has 1 aliphatic rings. The first-order valence-electron chi connectivity index (χ1n) is 7.41. The summed E-state index contributed by atoms with van der Waals surface area (Å²) in [5.74, 6) is -0.262. The molecule has 1 fully saturated rings. The van der Waals surface area contributed by atoms with E-state index in [9.17, 15) is 9.59 Å². The first-order valence-corrected chi connectivity index (χ1v) is 7.41. The van der Waals surface area contributed by atoms with Crippen LogP contribution in [-0.2, 0) is 9.63 Å². The van der Waals surface area contributed by atoms with Gasteiger partial charge in [0, 0.05) is 25.2 Å². The van der Waals surface area contributed by atoms with E-state index in [0.717, 1.165) is 0 Å². The van der Waals surface area contributed by atoms with Gasteiger partial charge in [-0.15, -0.1) is 0 Å². The Bertz CT molecular complexity index is 360. The second-order valence-electron chi connectivity index (χ2n) is 6.18. The number of hydrogen-bond donors (Lipinski definition) is 2. The molecule has 7 nitrogen and oxygen atoms in total. The van der Waals surface area contributed by atoms with Gasteiger partial charge in [0.1, 0.15) is 6.61 Å². The Kier molecular flexibility index (Phi) is 6.42. The molecular formula is C14H27N3O4. The summed E-state index contributed by atoms with van der Waals surface area (Å²) in [5.41, 5.74) is 2.24. The van der Waals surface area contributed by atoms with E-state index in [-0.39, 0.29) is 23.6 Å². The van der Waals surface area contributed by atoms with E-state index in [1.54, 1.807) is 9.80 Å². The minimum atomic E-state index is -0.459. The molecule has 0 saturated carbocycles. The molecule has 1 heterocycles. The van der Waals surface area contributed by atoms with Gasteiger partial charge in [0.15, 0.2) is 0 Å². The number of hydroxylamine groups is 1. The topological polar surface area (TPSA) is 82.1 Å². The van der Waals surface area contributed by atoms with E-state index in [0.29, 0.717) is 32.5 Å². The average molecular weight is 301 g/mol. The SMILES string of the molecule is CCN(C(=O)NOC1CCN(C(=O)CO)CC1)C(C)(C)C. The third-order valence-electron chi connectivity index (χ3n) is 3.61. The molecule has 0 aromatic carbocycles. The molecule has 2 N–H and O–H groups in total. The Labute approximate surface area is 126 Å². The van der Waals surface area contributed by atoms with Crippen molar-refractivity contribution in [1.82, 2.24) is 15.3 Å². The third-order valence-corrected chi connectivity index (χ3v) is 3.61. The molecule has 0 bridgehead atoms. The van der Waals surface area contributed by atoms with E-state index in [1.165, 1.54) is 0 Å². The van der Waals surface area contributed by atoms with Crippen molar-refractivity contribution in [3.05, 3.63) is 0 Å². The zero-order valence-electron chi connectivity index (χ0n) is 13.4. The van der Waals surface area contributed by atoms with Crippen molar-refractivity contribution in [1.29, 1.82) is 0 Å². The van der Waals surface area contributed by atoms with Crippen LogP contribution in [0, 0.1) is 0 Å². The molecule has 7 heteroatoms. The van der Waals surface area contributed by atoms with Crippen LogP contribution in [0.1, 0.15) is 40.5 Å². The smallest absolute Gasteiger partial charge is 0.341 e. The Balaban J connectivity index is 2.37. The van der Waals surface area contributed by atoms with Crippen LogP contribution in [0.2, 0.25) is 0 Å². The Hall–Kier alpha value is -1.34. The normalized spacial score (nSPS) is 16.7. The molecular weight excluding hydrogens is 274 g/mol. The Morgan fingerprint density at radius 3 is 2.33 bits per heavy atom. The second kappa shape index (κ2) is 7.61. The maximum Gasteiger partial charge on any atom is 0.341 e. The van der Waals surface area contributed by atoms with Crippen molar-refractivity contribution in [2.24, 2.45) is 0 Å². The first kappa shape index (κ1) is 17.7. The van der Waals surface area contributed by atoms with Crippen LogP contribution in [0.4, 0.5) is 4.79 Å². The molecule has 3 amide bonds. The maximum atomic E-state index is 12.1. The molecule has 1 saturated heterocycles. The van der Waals surface area contributed by atoms with Gasteiger partial charge in [-0.3, -0.25) is 9.63 Å². The summed E-state index contributed by atoms with van der Waals surface area (Å²) >= 11 is 0. The van der Waals surface area contributed by atoms with E-state index in [2.05, 4.69) is 5.48 Å².